The number of hydrogen-bond donors (Lipinski definition) is 2. The predicted molar refractivity (Wildman–Crippen MR) is 75.7 cm³/mol. The number of hydrogen-bond acceptors (Lipinski definition) is 5. The molecule has 2 rings (SSSR count). The number of nitrogens with zero attached hydrogens (tertiary/aromatic N) is 2. The smallest absolute Gasteiger partial charge is 0.258 e. The molecule has 1 unspecified atom stereocenters. The summed E-state index contributed by atoms with van der Waals surface area (Å²) in [6, 6.07) is 6.96. The SMILES string of the molecule is COCC(O)CCNCc1cc(=O)n2ccccc2n1. The van der Waals surface area contributed by atoms with Crippen molar-refractivity contribution in [1.82, 2.24) is 14.7 Å². The fourth-order valence-electron chi connectivity index (χ4n) is 1.95. The molecule has 2 aromatic rings. The number of aliphatic hydroxyl groups is 1. The standard InChI is InChI=1S/C14H19N3O3/c1-20-10-12(18)5-6-15-9-11-8-14(19)17-7-3-2-4-13(17)16-11/h2-4,7-8,12,15,18H,5-6,9-10H2,1H3. The highest BCUT2D eigenvalue weighted by Gasteiger charge is 2.04. The first-order valence-electron chi connectivity index (χ1n) is 6.56. The van der Waals surface area contributed by atoms with Gasteiger partial charge < -0.3 is 15.2 Å². The number of ether oxygens (including phenoxy) is 1. The average Bonchev–Trinajstić information content (AvgIpc) is 2.44. The molecule has 0 radical (unpaired) electrons. The molecule has 0 saturated heterocycles. The molecule has 0 saturated carbocycles. The molecular formula is C14H19N3O3. The van der Waals surface area contributed by atoms with E-state index in [2.05, 4.69) is 10.3 Å². The molecule has 6 nitrogen and oxygen atoms in total. The van der Waals surface area contributed by atoms with Gasteiger partial charge in [-0.25, -0.2) is 4.98 Å². The Kier molecular flexibility index (Phi) is 5.23. The van der Waals surface area contributed by atoms with Crippen molar-refractivity contribution in [1.29, 1.82) is 0 Å². The lowest BCUT2D eigenvalue weighted by molar-refractivity contribution is 0.0594. The summed E-state index contributed by atoms with van der Waals surface area (Å²) in [5.41, 5.74) is 1.24. The highest BCUT2D eigenvalue weighted by atomic mass is 16.5. The second-order valence-electron chi connectivity index (χ2n) is 4.59. The fraction of sp³-hybridized carbons (Fsp3) is 0.429. The number of pyridine rings is 1. The molecule has 2 N–H and O–H groups in total. The van der Waals surface area contributed by atoms with E-state index in [1.165, 1.54) is 10.5 Å². The Labute approximate surface area is 117 Å². The van der Waals surface area contributed by atoms with E-state index in [0.29, 0.717) is 37.5 Å². The van der Waals surface area contributed by atoms with Gasteiger partial charge in [0.15, 0.2) is 0 Å². The van der Waals surface area contributed by atoms with Crippen molar-refractivity contribution in [3.63, 3.8) is 0 Å². The minimum atomic E-state index is -0.470. The van der Waals surface area contributed by atoms with Gasteiger partial charge in [-0.1, -0.05) is 6.07 Å². The average molecular weight is 277 g/mol. The Bertz CT molecular complexity index is 612. The Hall–Kier alpha value is -1.76. The molecule has 0 aliphatic carbocycles. The normalized spacial score (nSPS) is 12.7. The van der Waals surface area contributed by atoms with Crippen LogP contribution in [-0.4, -0.2) is 40.9 Å². The van der Waals surface area contributed by atoms with E-state index >= 15 is 0 Å². The van der Waals surface area contributed by atoms with Crippen molar-refractivity contribution >= 4 is 5.65 Å². The van der Waals surface area contributed by atoms with E-state index in [1.807, 2.05) is 6.07 Å². The summed E-state index contributed by atoms with van der Waals surface area (Å²) >= 11 is 0. The van der Waals surface area contributed by atoms with Crippen LogP contribution in [-0.2, 0) is 11.3 Å². The summed E-state index contributed by atoms with van der Waals surface area (Å²) in [5, 5.41) is 12.7. The van der Waals surface area contributed by atoms with Crippen LogP contribution in [0.1, 0.15) is 12.1 Å². The number of aromatic nitrogens is 2. The van der Waals surface area contributed by atoms with Crippen molar-refractivity contribution in [3.8, 4) is 0 Å². The minimum absolute atomic E-state index is 0.0909. The van der Waals surface area contributed by atoms with E-state index in [1.54, 1.807) is 25.4 Å². The van der Waals surface area contributed by atoms with Gasteiger partial charge in [-0.15, -0.1) is 0 Å². The summed E-state index contributed by atoms with van der Waals surface area (Å²) in [4.78, 5) is 16.3. The van der Waals surface area contributed by atoms with Crippen LogP contribution >= 0.6 is 0 Å². The molecule has 6 heteroatoms. The number of rotatable bonds is 7. The van der Waals surface area contributed by atoms with Crippen molar-refractivity contribution in [2.75, 3.05) is 20.3 Å². The molecule has 20 heavy (non-hydrogen) atoms. The lowest BCUT2D eigenvalue weighted by Gasteiger charge is -2.10. The first-order chi connectivity index (χ1) is 9.70. The molecule has 2 aromatic heterocycles. The third kappa shape index (κ3) is 3.86. The second kappa shape index (κ2) is 7.14. The van der Waals surface area contributed by atoms with Crippen LogP contribution in [0.2, 0.25) is 0 Å². The third-order valence-corrected chi connectivity index (χ3v) is 2.94. The van der Waals surface area contributed by atoms with E-state index in [4.69, 9.17) is 4.74 Å². The molecule has 0 aromatic carbocycles. The van der Waals surface area contributed by atoms with Gasteiger partial charge in [-0.05, 0) is 25.1 Å². The van der Waals surface area contributed by atoms with Gasteiger partial charge in [0.2, 0.25) is 0 Å². The predicted octanol–water partition coefficient (Wildman–Crippen LogP) is 0.181. The van der Waals surface area contributed by atoms with E-state index in [-0.39, 0.29) is 5.56 Å². The van der Waals surface area contributed by atoms with Crippen molar-refractivity contribution < 1.29 is 9.84 Å². The second-order valence-corrected chi connectivity index (χ2v) is 4.59. The monoisotopic (exact) mass is 277 g/mol. The molecule has 108 valence electrons. The Morgan fingerprint density at radius 1 is 1.50 bits per heavy atom. The summed E-state index contributed by atoms with van der Waals surface area (Å²) < 4.78 is 6.35. The first kappa shape index (κ1) is 14.6. The van der Waals surface area contributed by atoms with Crippen LogP contribution in [0.5, 0.6) is 0 Å². The van der Waals surface area contributed by atoms with Crippen molar-refractivity contribution in [2.24, 2.45) is 0 Å². The van der Waals surface area contributed by atoms with Gasteiger partial charge in [0.25, 0.3) is 5.56 Å². The molecule has 0 bridgehead atoms. The zero-order valence-corrected chi connectivity index (χ0v) is 11.5. The van der Waals surface area contributed by atoms with Gasteiger partial charge in [-0.3, -0.25) is 9.20 Å². The van der Waals surface area contributed by atoms with Crippen LogP contribution in [0.4, 0.5) is 0 Å². The van der Waals surface area contributed by atoms with Crippen LogP contribution in [0, 0.1) is 0 Å². The molecular weight excluding hydrogens is 258 g/mol. The summed E-state index contributed by atoms with van der Waals surface area (Å²) in [6.45, 7) is 1.47. The van der Waals surface area contributed by atoms with Crippen molar-refractivity contribution in [2.45, 2.75) is 19.1 Å². The minimum Gasteiger partial charge on any atom is -0.391 e. The quantitative estimate of drug-likeness (QED) is 0.706. The molecule has 0 spiro atoms. The number of nitrogens with one attached hydrogen (secondary N) is 1. The van der Waals surface area contributed by atoms with E-state index < -0.39 is 6.10 Å². The third-order valence-electron chi connectivity index (χ3n) is 2.94. The first-order valence-corrected chi connectivity index (χ1v) is 6.56. The lowest BCUT2D eigenvalue weighted by atomic mass is 10.2. The maximum Gasteiger partial charge on any atom is 0.258 e. The van der Waals surface area contributed by atoms with Crippen LogP contribution in [0.3, 0.4) is 0 Å². The van der Waals surface area contributed by atoms with E-state index in [0.717, 1.165) is 0 Å². The maximum absolute atomic E-state index is 11.9. The largest absolute Gasteiger partial charge is 0.391 e. The van der Waals surface area contributed by atoms with Gasteiger partial charge in [0.1, 0.15) is 5.65 Å². The van der Waals surface area contributed by atoms with Crippen LogP contribution < -0.4 is 10.9 Å². The zero-order valence-electron chi connectivity index (χ0n) is 11.5. The van der Waals surface area contributed by atoms with Gasteiger partial charge in [-0.2, -0.15) is 0 Å². The molecule has 0 amide bonds. The number of aliphatic hydroxyl groups excluding tert-OH is 1. The molecule has 0 fully saturated rings. The molecule has 2 heterocycles. The van der Waals surface area contributed by atoms with Gasteiger partial charge >= 0.3 is 0 Å². The summed E-state index contributed by atoms with van der Waals surface area (Å²) in [7, 11) is 1.56. The van der Waals surface area contributed by atoms with Crippen LogP contribution in [0.25, 0.3) is 5.65 Å². The summed E-state index contributed by atoms with van der Waals surface area (Å²) in [6.07, 6.45) is 1.83. The Morgan fingerprint density at radius 2 is 2.35 bits per heavy atom. The molecule has 0 aliphatic rings. The highest BCUT2D eigenvalue weighted by Crippen LogP contribution is 1.98. The van der Waals surface area contributed by atoms with Gasteiger partial charge in [0.05, 0.1) is 18.4 Å². The molecule has 1 atom stereocenters. The lowest BCUT2D eigenvalue weighted by Crippen LogP contribution is -2.24. The number of methoxy groups -OCH3 is 1. The zero-order chi connectivity index (χ0) is 14.4. The number of fused-ring (bicyclic) bond motifs is 1. The Morgan fingerprint density at radius 3 is 3.15 bits per heavy atom. The maximum atomic E-state index is 11.9. The fourth-order valence-corrected chi connectivity index (χ4v) is 1.95. The molecule has 0 aliphatic heterocycles. The van der Waals surface area contributed by atoms with Gasteiger partial charge in [0, 0.05) is 25.9 Å². The Balaban J connectivity index is 1.92. The van der Waals surface area contributed by atoms with Crippen molar-refractivity contribution in [3.05, 3.63) is 46.5 Å². The highest BCUT2D eigenvalue weighted by molar-refractivity contribution is 5.37. The van der Waals surface area contributed by atoms with Crippen LogP contribution in [0.15, 0.2) is 35.3 Å². The van der Waals surface area contributed by atoms with E-state index in [9.17, 15) is 9.90 Å². The topological polar surface area (TPSA) is 75.9 Å². The summed E-state index contributed by atoms with van der Waals surface area (Å²) in [5.74, 6) is 0.